The average molecular weight is 351 g/mol. The Morgan fingerprint density at radius 3 is 2.86 bits per heavy atom. The number of hydrogen-bond acceptors (Lipinski definition) is 5. The summed E-state index contributed by atoms with van der Waals surface area (Å²) in [5.74, 6) is 1.31. The van der Waals surface area contributed by atoms with Crippen molar-refractivity contribution in [2.75, 3.05) is 6.61 Å². The number of fused-ring (bicyclic) bond motifs is 1. The van der Waals surface area contributed by atoms with E-state index in [-0.39, 0.29) is 12.5 Å². The number of nitrogens with zero attached hydrogens (tertiary/aromatic N) is 1. The molecule has 7 heteroatoms. The predicted molar refractivity (Wildman–Crippen MR) is 78.5 cm³/mol. The van der Waals surface area contributed by atoms with Gasteiger partial charge in [-0.1, -0.05) is 12.1 Å². The molecule has 1 aromatic carbocycles. The maximum atomic E-state index is 11.9. The van der Waals surface area contributed by atoms with Gasteiger partial charge in [0.25, 0.3) is 5.91 Å². The molecule has 108 valence electrons. The van der Waals surface area contributed by atoms with E-state index in [4.69, 9.17) is 13.9 Å². The summed E-state index contributed by atoms with van der Waals surface area (Å²) in [5, 5.41) is 3.81. The second kappa shape index (κ2) is 6.01. The number of ether oxygens (including phenoxy) is 2. The first-order valence-electron chi connectivity index (χ1n) is 6.19. The summed E-state index contributed by atoms with van der Waals surface area (Å²) in [6.07, 6.45) is 0.667. The maximum absolute atomic E-state index is 11.9. The number of halogens is 1. The Kier molecular flexibility index (Phi) is 3.92. The number of furan rings is 1. The van der Waals surface area contributed by atoms with Gasteiger partial charge < -0.3 is 13.9 Å². The number of amides is 1. The maximum Gasteiger partial charge on any atom is 0.284 e. The number of hydrogen-bond donors (Lipinski definition) is 1. The van der Waals surface area contributed by atoms with Crippen molar-refractivity contribution in [3.63, 3.8) is 0 Å². The number of rotatable bonds is 3. The standard InChI is InChI=1S/C14H11BrN2O4/c15-13-6-5-9(20-13)7-16-17-14(18)12-8-19-10-3-1-2-4-11(10)21-12/h1-7,12H,8H2,(H,17,18)/b16-7+/t12-/m1/s1. The van der Waals surface area contributed by atoms with Gasteiger partial charge in [-0.05, 0) is 40.2 Å². The van der Waals surface area contributed by atoms with Gasteiger partial charge >= 0.3 is 0 Å². The Balaban J connectivity index is 1.58. The molecule has 21 heavy (non-hydrogen) atoms. The highest BCUT2D eigenvalue weighted by Crippen LogP contribution is 2.30. The molecule has 0 fully saturated rings. The Bertz CT molecular complexity index is 683. The van der Waals surface area contributed by atoms with Gasteiger partial charge in [0, 0.05) is 0 Å². The number of carbonyl (C=O) groups excluding carboxylic acids is 1. The minimum atomic E-state index is -0.736. The molecule has 0 spiro atoms. The monoisotopic (exact) mass is 350 g/mol. The van der Waals surface area contributed by atoms with E-state index in [2.05, 4.69) is 26.5 Å². The van der Waals surface area contributed by atoms with Crippen molar-refractivity contribution in [1.82, 2.24) is 5.43 Å². The van der Waals surface area contributed by atoms with E-state index >= 15 is 0 Å². The summed E-state index contributed by atoms with van der Waals surface area (Å²) in [4.78, 5) is 11.9. The van der Waals surface area contributed by atoms with Gasteiger partial charge in [-0.3, -0.25) is 4.79 Å². The highest BCUT2D eigenvalue weighted by atomic mass is 79.9. The van der Waals surface area contributed by atoms with Crippen LogP contribution in [0, 0.1) is 0 Å². The van der Waals surface area contributed by atoms with Gasteiger partial charge in [0.1, 0.15) is 12.4 Å². The first-order valence-corrected chi connectivity index (χ1v) is 6.98. The Morgan fingerprint density at radius 2 is 2.10 bits per heavy atom. The van der Waals surface area contributed by atoms with Gasteiger partial charge in [-0.15, -0.1) is 0 Å². The van der Waals surface area contributed by atoms with Crippen LogP contribution in [0.1, 0.15) is 5.76 Å². The molecule has 0 unspecified atom stereocenters. The van der Waals surface area contributed by atoms with Gasteiger partial charge in [-0.2, -0.15) is 5.10 Å². The fourth-order valence-electron chi connectivity index (χ4n) is 1.78. The number of benzene rings is 1. The lowest BCUT2D eigenvalue weighted by Crippen LogP contribution is -2.42. The van der Waals surface area contributed by atoms with Crippen LogP contribution in [0.15, 0.2) is 50.6 Å². The van der Waals surface area contributed by atoms with E-state index in [0.717, 1.165) is 0 Å². The molecule has 0 saturated carbocycles. The zero-order valence-electron chi connectivity index (χ0n) is 10.8. The summed E-state index contributed by atoms with van der Waals surface area (Å²) < 4.78 is 16.8. The lowest BCUT2D eigenvalue weighted by Gasteiger charge is -2.24. The number of hydrazone groups is 1. The smallest absolute Gasteiger partial charge is 0.284 e. The molecule has 3 rings (SSSR count). The van der Waals surface area contributed by atoms with Crippen LogP contribution < -0.4 is 14.9 Å². The van der Waals surface area contributed by atoms with E-state index < -0.39 is 6.10 Å². The molecule has 1 aliphatic heterocycles. The molecule has 1 aliphatic rings. The second-order valence-corrected chi connectivity index (χ2v) is 5.02. The van der Waals surface area contributed by atoms with Crippen molar-refractivity contribution in [2.45, 2.75) is 6.10 Å². The molecule has 0 radical (unpaired) electrons. The lowest BCUT2D eigenvalue weighted by molar-refractivity contribution is -0.130. The van der Waals surface area contributed by atoms with Gasteiger partial charge in [0.15, 0.2) is 16.2 Å². The number of nitrogens with one attached hydrogen (secondary N) is 1. The molecule has 6 nitrogen and oxygen atoms in total. The van der Waals surface area contributed by atoms with Crippen molar-refractivity contribution in [2.24, 2.45) is 5.10 Å². The van der Waals surface area contributed by atoms with E-state index in [1.165, 1.54) is 6.21 Å². The van der Waals surface area contributed by atoms with Crippen LogP contribution in [-0.2, 0) is 4.79 Å². The summed E-state index contributed by atoms with van der Waals surface area (Å²) in [7, 11) is 0. The summed E-state index contributed by atoms with van der Waals surface area (Å²) in [5.41, 5.74) is 2.39. The van der Waals surface area contributed by atoms with E-state index in [0.29, 0.717) is 21.9 Å². The minimum absolute atomic E-state index is 0.144. The van der Waals surface area contributed by atoms with E-state index in [1.54, 1.807) is 24.3 Å². The lowest BCUT2D eigenvalue weighted by atomic mass is 10.2. The quantitative estimate of drug-likeness (QED) is 0.681. The molecule has 1 aromatic heterocycles. The molecule has 0 saturated heterocycles. The van der Waals surface area contributed by atoms with Crippen LogP contribution in [0.5, 0.6) is 11.5 Å². The summed E-state index contributed by atoms with van der Waals surface area (Å²) in [6, 6.07) is 10.6. The third-order valence-corrected chi connectivity index (χ3v) is 3.19. The largest absolute Gasteiger partial charge is 0.485 e. The van der Waals surface area contributed by atoms with Crippen LogP contribution in [0.2, 0.25) is 0 Å². The van der Waals surface area contributed by atoms with Crippen LogP contribution in [0.3, 0.4) is 0 Å². The highest BCUT2D eigenvalue weighted by molar-refractivity contribution is 9.10. The van der Waals surface area contributed by atoms with E-state index in [9.17, 15) is 4.79 Å². The average Bonchev–Trinajstić information content (AvgIpc) is 2.92. The van der Waals surface area contributed by atoms with Crippen LogP contribution in [0.4, 0.5) is 0 Å². The molecule has 1 N–H and O–H groups in total. The third kappa shape index (κ3) is 3.25. The van der Waals surface area contributed by atoms with Gasteiger partial charge in [0.2, 0.25) is 6.10 Å². The Hall–Kier alpha value is -2.28. The van der Waals surface area contributed by atoms with Crippen LogP contribution >= 0.6 is 15.9 Å². The SMILES string of the molecule is O=C(N/N=C/c1ccc(Br)o1)[C@H]1COc2ccccc2O1. The van der Waals surface area contributed by atoms with E-state index in [1.807, 2.05) is 12.1 Å². The zero-order chi connectivity index (χ0) is 14.7. The predicted octanol–water partition coefficient (Wildman–Crippen LogP) is 2.33. The molecule has 0 bridgehead atoms. The topological polar surface area (TPSA) is 73.1 Å². The molecular formula is C14H11BrN2O4. The Morgan fingerprint density at radius 1 is 1.29 bits per heavy atom. The molecular weight excluding hydrogens is 340 g/mol. The fourth-order valence-corrected chi connectivity index (χ4v) is 2.10. The van der Waals surface area contributed by atoms with Crippen LogP contribution in [-0.4, -0.2) is 24.8 Å². The summed E-state index contributed by atoms with van der Waals surface area (Å²) in [6.45, 7) is 0.144. The van der Waals surface area contributed by atoms with Crippen molar-refractivity contribution in [1.29, 1.82) is 0 Å². The first kappa shape index (κ1) is 13.7. The first-order chi connectivity index (χ1) is 10.2. The van der Waals surface area contributed by atoms with Crippen molar-refractivity contribution < 1.29 is 18.7 Å². The highest BCUT2D eigenvalue weighted by Gasteiger charge is 2.26. The molecule has 2 heterocycles. The second-order valence-electron chi connectivity index (χ2n) is 4.24. The Labute approximate surface area is 128 Å². The van der Waals surface area contributed by atoms with Gasteiger partial charge in [-0.25, -0.2) is 5.43 Å². The normalized spacial score (nSPS) is 16.9. The minimum Gasteiger partial charge on any atom is -0.485 e. The zero-order valence-corrected chi connectivity index (χ0v) is 12.4. The third-order valence-electron chi connectivity index (χ3n) is 2.76. The van der Waals surface area contributed by atoms with Crippen LogP contribution in [0.25, 0.3) is 0 Å². The van der Waals surface area contributed by atoms with Crippen molar-refractivity contribution in [3.8, 4) is 11.5 Å². The van der Waals surface area contributed by atoms with Gasteiger partial charge in [0.05, 0.1) is 6.21 Å². The summed E-state index contributed by atoms with van der Waals surface area (Å²) >= 11 is 3.18. The number of carbonyl (C=O) groups is 1. The van der Waals surface area contributed by atoms with Crippen molar-refractivity contribution >= 4 is 28.1 Å². The molecule has 2 aromatic rings. The molecule has 0 aliphatic carbocycles. The van der Waals surface area contributed by atoms with Crippen molar-refractivity contribution in [3.05, 3.63) is 46.8 Å². The molecule has 1 atom stereocenters. The fraction of sp³-hybridized carbons (Fsp3) is 0.143. The number of para-hydroxylation sites is 2. The molecule has 1 amide bonds.